The third-order valence-corrected chi connectivity index (χ3v) is 13.7. The number of halogens is 1. The summed E-state index contributed by atoms with van der Waals surface area (Å²) in [7, 11) is -0.366. The minimum atomic E-state index is -0.366. The molecule has 4 aromatic heterocycles. The van der Waals surface area contributed by atoms with Crippen molar-refractivity contribution in [1.82, 2.24) is 39.9 Å². The molecule has 1 aliphatic rings. The van der Waals surface area contributed by atoms with Crippen molar-refractivity contribution < 1.29 is 9.31 Å². The molecule has 0 saturated carbocycles. The molecule has 358 valence electrons. The third kappa shape index (κ3) is 9.90. The van der Waals surface area contributed by atoms with E-state index in [9.17, 15) is 0 Å². The van der Waals surface area contributed by atoms with E-state index in [0.717, 1.165) is 76.6 Å². The molecule has 0 radical (unpaired) electrons. The molecule has 12 heteroatoms. The Morgan fingerprint density at radius 2 is 0.716 bits per heavy atom. The van der Waals surface area contributed by atoms with Crippen LogP contribution in [0.1, 0.15) is 27.7 Å². The fourth-order valence-electron chi connectivity index (χ4n) is 8.92. The zero-order valence-electron chi connectivity index (χ0n) is 41.1. The summed E-state index contributed by atoms with van der Waals surface area (Å²) in [5.41, 5.74) is 7.21. The molecule has 0 bridgehead atoms. The Labute approximate surface area is 437 Å². The van der Waals surface area contributed by atoms with E-state index in [1.807, 2.05) is 170 Å². The van der Waals surface area contributed by atoms with Gasteiger partial charge < -0.3 is 9.31 Å². The van der Waals surface area contributed by atoms with Crippen LogP contribution < -0.4 is 5.46 Å². The van der Waals surface area contributed by atoms with Gasteiger partial charge in [0, 0.05) is 61.8 Å². The first kappa shape index (κ1) is 47.9. The molecule has 10 nitrogen and oxygen atoms in total. The van der Waals surface area contributed by atoms with Crippen molar-refractivity contribution in [2.24, 2.45) is 0 Å². The van der Waals surface area contributed by atoms with Crippen LogP contribution in [0.3, 0.4) is 0 Å². The molecule has 12 aromatic rings. The number of hydrogen-bond acceptors (Lipinski definition) is 10. The Kier molecular flexibility index (Phi) is 13.3. The predicted molar refractivity (Wildman–Crippen MR) is 302 cm³/mol. The molecule has 0 aliphatic carbocycles. The summed E-state index contributed by atoms with van der Waals surface area (Å²) in [4.78, 5) is 37.0. The van der Waals surface area contributed by atoms with Crippen LogP contribution in [0, 0.1) is 0 Å². The van der Waals surface area contributed by atoms with Gasteiger partial charge in [-0.2, -0.15) is 0 Å². The first-order valence-corrected chi connectivity index (χ1v) is 25.2. The number of aromatic nitrogens is 8. The summed E-state index contributed by atoms with van der Waals surface area (Å²) >= 11 is 3.35. The molecule has 1 saturated heterocycles. The maximum atomic E-state index is 6.26. The Morgan fingerprint density at radius 3 is 1.16 bits per heavy atom. The summed E-state index contributed by atoms with van der Waals surface area (Å²) < 4.78 is 13.1. The Balaban J connectivity index is 0.000000124. The van der Waals surface area contributed by atoms with Gasteiger partial charge in [-0.1, -0.05) is 188 Å². The summed E-state index contributed by atoms with van der Waals surface area (Å²) in [6.45, 7) is 8.32. The minimum Gasteiger partial charge on any atom is -0.399 e. The lowest BCUT2D eigenvalue weighted by molar-refractivity contribution is 0.00578. The van der Waals surface area contributed by atoms with Crippen LogP contribution in [0.15, 0.2) is 223 Å². The lowest BCUT2D eigenvalue weighted by Crippen LogP contribution is -2.41. The van der Waals surface area contributed by atoms with Crippen LogP contribution in [-0.4, -0.2) is 58.2 Å². The molecular formula is C62H48BBrN8O2. The van der Waals surface area contributed by atoms with Gasteiger partial charge in [0.25, 0.3) is 0 Å². The van der Waals surface area contributed by atoms with E-state index < -0.39 is 0 Å². The highest BCUT2D eigenvalue weighted by atomic mass is 79.9. The van der Waals surface area contributed by atoms with Crippen LogP contribution in [0.5, 0.6) is 0 Å². The largest absolute Gasteiger partial charge is 0.495 e. The van der Waals surface area contributed by atoms with Crippen LogP contribution in [0.4, 0.5) is 0 Å². The van der Waals surface area contributed by atoms with Crippen LogP contribution in [0.25, 0.3) is 100 Å². The number of pyridine rings is 2. The Hall–Kier alpha value is -8.42. The third-order valence-electron chi connectivity index (χ3n) is 13.4. The molecule has 0 spiro atoms. The molecule has 8 aromatic carbocycles. The van der Waals surface area contributed by atoms with Gasteiger partial charge in [0.05, 0.1) is 22.2 Å². The fraction of sp³-hybridized carbons (Fsp3) is 0.0968. The molecule has 0 unspecified atom stereocenters. The number of hydrogen-bond donors (Lipinski definition) is 0. The highest BCUT2D eigenvalue weighted by molar-refractivity contribution is 9.10. The fourth-order valence-corrected chi connectivity index (χ4v) is 9.26. The summed E-state index contributed by atoms with van der Waals surface area (Å²) in [6, 6.07) is 68.8. The topological polar surface area (TPSA) is 122 Å². The zero-order valence-corrected chi connectivity index (χ0v) is 42.7. The average Bonchev–Trinajstić information content (AvgIpc) is 3.68. The molecule has 0 atom stereocenters. The zero-order chi connectivity index (χ0) is 50.7. The smallest absolute Gasteiger partial charge is 0.399 e. The van der Waals surface area contributed by atoms with Crippen molar-refractivity contribution in [2.75, 3.05) is 0 Å². The van der Waals surface area contributed by atoms with E-state index in [-0.39, 0.29) is 18.3 Å². The number of benzene rings is 8. The quantitative estimate of drug-likeness (QED) is 0.118. The first-order valence-electron chi connectivity index (χ1n) is 24.4. The Bertz CT molecular complexity index is 3820. The van der Waals surface area contributed by atoms with E-state index in [0.29, 0.717) is 33.9 Å². The number of fused-ring (bicyclic) bond motifs is 6. The molecule has 5 heterocycles. The standard InChI is InChI=1S/C28H18N4.C19H20BNO2.C15H10BrN3/c1-3-10-19(11-4-1)26-30-27(20-12-5-2-6-13-20)32-28(31-26)24-18-21-14-9-17-29-25(21)23-16-8-7-15-22(23)24;1-18(2)19(3,4)23-20(22-18)16-12-13-8-7-11-21-17(13)15-10-6-5-9-14(15)16;16-15-18-13(11-7-3-1-4-8-11)17-14(19-15)12-9-5-2-6-10-12/h1-18H;5-12H,1-4H3;1-10H. The van der Waals surface area contributed by atoms with Crippen LogP contribution >= 0.6 is 15.9 Å². The van der Waals surface area contributed by atoms with E-state index in [1.54, 1.807) is 0 Å². The number of rotatable bonds is 6. The van der Waals surface area contributed by atoms with Gasteiger partial charge in [0.2, 0.25) is 4.73 Å². The lowest BCUT2D eigenvalue weighted by Gasteiger charge is -2.32. The normalized spacial score (nSPS) is 13.6. The molecule has 1 aliphatic heterocycles. The molecule has 0 amide bonds. The van der Waals surface area contributed by atoms with Crippen molar-refractivity contribution in [3.05, 3.63) is 223 Å². The minimum absolute atomic E-state index is 0.345. The van der Waals surface area contributed by atoms with E-state index in [1.165, 1.54) is 0 Å². The van der Waals surface area contributed by atoms with E-state index in [4.69, 9.17) is 24.3 Å². The van der Waals surface area contributed by atoms with Crippen LogP contribution in [0.2, 0.25) is 0 Å². The van der Waals surface area contributed by atoms with Gasteiger partial charge >= 0.3 is 7.12 Å². The van der Waals surface area contributed by atoms with Gasteiger partial charge in [-0.05, 0) is 78.1 Å². The summed E-state index contributed by atoms with van der Waals surface area (Å²) in [5, 5.41) is 6.60. The van der Waals surface area contributed by atoms with Gasteiger partial charge in [-0.3, -0.25) is 9.97 Å². The highest BCUT2D eigenvalue weighted by Gasteiger charge is 2.52. The molecule has 74 heavy (non-hydrogen) atoms. The summed E-state index contributed by atoms with van der Waals surface area (Å²) in [6.07, 6.45) is 3.67. The van der Waals surface area contributed by atoms with Crippen molar-refractivity contribution >= 4 is 71.9 Å². The highest BCUT2D eigenvalue weighted by Crippen LogP contribution is 2.38. The first-order chi connectivity index (χ1) is 36.1. The van der Waals surface area contributed by atoms with Crippen molar-refractivity contribution in [2.45, 2.75) is 38.9 Å². The van der Waals surface area contributed by atoms with Gasteiger partial charge in [-0.25, -0.2) is 29.9 Å². The van der Waals surface area contributed by atoms with Crippen LogP contribution in [-0.2, 0) is 9.31 Å². The molecular weight excluding hydrogens is 979 g/mol. The van der Waals surface area contributed by atoms with Gasteiger partial charge in [0.1, 0.15) is 0 Å². The Morgan fingerprint density at radius 1 is 0.365 bits per heavy atom. The number of nitrogens with zero attached hydrogens (tertiary/aromatic N) is 8. The monoisotopic (exact) mass is 1030 g/mol. The van der Waals surface area contributed by atoms with Gasteiger partial charge in [0.15, 0.2) is 29.1 Å². The average molecular weight is 1030 g/mol. The molecule has 13 rings (SSSR count). The van der Waals surface area contributed by atoms with Crippen molar-refractivity contribution in [3.8, 4) is 56.9 Å². The lowest BCUT2D eigenvalue weighted by atomic mass is 9.75. The van der Waals surface area contributed by atoms with E-state index in [2.05, 4.69) is 117 Å². The second kappa shape index (κ2) is 20.6. The second-order valence-corrected chi connectivity index (χ2v) is 19.5. The maximum absolute atomic E-state index is 6.26. The van der Waals surface area contributed by atoms with Crippen molar-refractivity contribution in [1.29, 1.82) is 0 Å². The molecule has 0 N–H and O–H groups in total. The second-order valence-electron chi connectivity index (χ2n) is 18.7. The maximum Gasteiger partial charge on any atom is 0.495 e. The van der Waals surface area contributed by atoms with E-state index >= 15 is 0 Å². The summed E-state index contributed by atoms with van der Waals surface area (Å²) in [5.74, 6) is 3.30. The molecule has 1 fully saturated rings. The SMILES string of the molecule is Brc1nc(-c2ccccc2)nc(-c2ccccc2)n1.CC1(C)OB(c2cc3cccnc3c3ccccc23)OC1(C)C.c1ccc(-c2nc(-c3ccccc3)nc(-c3cc4cccnc4c4ccccc34)n2)cc1. The van der Waals surface area contributed by atoms with Crippen molar-refractivity contribution in [3.63, 3.8) is 0 Å². The van der Waals surface area contributed by atoms with Gasteiger partial charge in [-0.15, -0.1) is 0 Å². The predicted octanol–water partition coefficient (Wildman–Crippen LogP) is 14.2.